The predicted molar refractivity (Wildman–Crippen MR) is 93.7 cm³/mol. The molecule has 5 nitrogen and oxygen atoms in total. The summed E-state index contributed by atoms with van der Waals surface area (Å²) in [6, 6.07) is 0. The number of rotatable bonds is 2. The van der Waals surface area contributed by atoms with Crippen molar-refractivity contribution in [2.75, 3.05) is 6.61 Å². The number of carbonyl (C=O) groups is 1. The Balaban J connectivity index is 1.88. The summed E-state index contributed by atoms with van der Waals surface area (Å²) < 4.78 is 11.1. The lowest BCUT2D eigenvalue weighted by Gasteiger charge is -2.34. The van der Waals surface area contributed by atoms with E-state index in [0.717, 1.165) is 18.4 Å². The van der Waals surface area contributed by atoms with Gasteiger partial charge in [0, 0.05) is 17.4 Å². The molecule has 0 spiro atoms. The Bertz CT molecular complexity index is 626. The van der Waals surface area contributed by atoms with E-state index in [4.69, 9.17) is 9.47 Å². The van der Waals surface area contributed by atoms with Gasteiger partial charge in [0.2, 0.25) is 0 Å². The molecule has 0 unspecified atom stereocenters. The smallest absolute Gasteiger partial charge is 0.334 e. The van der Waals surface area contributed by atoms with E-state index >= 15 is 0 Å². The topological polar surface area (TPSA) is 79.3 Å². The van der Waals surface area contributed by atoms with E-state index in [2.05, 4.69) is 6.58 Å². The Morgan fingerprint density at radius 1 is 1.36 bits per heavy atom. The zero-order chi connectivity index (χ0) is 18.4. The summed E-state index contributed by atoms with van der Waals surface area (Å²) >= 11 is 0. The summed E-state index contributed by atoms with van der Waals surface area (Å²) in [7, 11) is 0. The molecule has 0 aromatic rings. The molecule has 1 aliphatic carbocycles. The first-order chi connectivity index (χ1) is 11.6. The van der Waals surface area contributed by atoms with Crippen LogP contribution in [-0.4, -0.2) is 46.2 Å². The number of allylic oxidation sites excluding steroid dienone is 2. The van der Waals surface area contributed by atoms with E-state index in [9.17, 15) is 15.0 Å². The van der Waals surface area contributed by atoms with Crippen molar-refractivity contribution in [2.24, 2.45) is 11.8 Å². The Kier molecular flexibility index (Phi) is 4.69. The lowest BCUT2D eigenvalue weighted by atomic mass is 9.76. The van der Waals surface area contributed by atoms with Crippen molar-refractivity contribution in [1.82, 2.24) is 0 Å². The van der Waals surface area contributed by atoms with Crippen LogP contribution in [-0.2, 0) is 14.3 Å². The van der Waals surface area contributed by atoms with Crippen LogP contribution in [0.5, 0.6) is 0 Å². The van der Waals surface area contributed by atoms with Crippen LogP contribution in [0, 0.1) is 11.8 Å². The highest BCUT2D eigenvalue weighted by molar-refractivity contribution is 5.90. The maximum atomic E-state index is 12.3. The van der Waals surface area contributed by atoms with Crippen molar-refractivity contribution in [3.63, 3.8) is 0 Å². The van der Waals surface area contributed by atoms with Crippen LogP contribution in [0.2, 0.25) is 0 Å². The largest absolute Gasteiger partial charge is 0.462 e. The van der Waals surface area contributed by atoms with Gasteiger partial charge < -0.3 is 19.7 Å². The van der Waals surface area contributed by atoms with Crippen molar-refractivity contribution in [3.05, 3.63) is 36.0 Å². The molecule has 25 heavy (non-hydrogen) atoms. The molecule has 3 aliphatic rings. The summed E-state index contributed by atoms with van der Waals surface area (Å²) in [5.74, 6) is -0.310. The average molecular weight is 348 g/mol. The number of hydrogen-bond acceptors (Lipinski definition) is 5. The predicted octanol–water partition coefficient (Wildman–Crippen LogP) is 2.29. The van der Waals surface area contributed by atoms with Crippen LogP contribution < -0.4 is 0 Å². The summed E-state index contributed by atoms with van der Waals surface area (Å²) in [6.45, 7) is 9.84. The van der Waals surface area contributed by atoms with Gasteiger partial charge in [-0.15, -0.1) is 0 Å². The highest BCUT2D eigenvalue weighted by atomic mass is 16.6. The number of esters is 1. The molecular weight excluding hydrogens is 320 g/mol. The molecule has 0 aromatic heterocycles. The minimum atomic E-state index is -0.941. The van der Waals surface area contributed by atoms with Crippen molar-refractivity contribution in [1.29, 1.82) is 0 Å². The van der Waals surface area contributed by atoms with Crippen LogP contribution in [0.1, 0.15) is 40.0 Å². The van der Waals surface area contributed by atoms with E-state index in [0.29, 0.717) is 18.6 Å². The van der Waals surface area contributed by atoms with Gasteiger partial charge in [0.25, 0.3) is 0 Å². The first kappa shape index (κ1) is 18.4. The molecule has 3 fully saturated rings. The molecule has 2 heterocycles. The zero-order valence-corrected chi connectivity index (χ0v) is 15.2. The number of carbonyl (C=O) groups excluding carboxylic acids is 1. The quantitative estimate of drug-likeness (QED) is 0.346. The lowest BCUT2D eigenvalue weighted by molar-refractivity contribution is -0.144. The zero-order valence-electron chi connectivity index (χ0n) is 15.2. The number of hydrogen-bond donors (Lipinski definition) is 2. The van der Waals surface area contributed by atoms with Gasteiger partial charge in [0.05, 0.1) is 23.9 Å². The van der Waals surface area contributed by atoms with Gasteiger partial charge in [-0.3, -0.25) is 0 Å². The van der Waals surface area contributed by atoms with Crippen molar-refractivity contribution >= 4 is 5.97 Å². The molecule has 5 heteroatoms. The third-order valence-corrected chi connectivity index (χ3v) is 5.53. The average Bonchev–Trinajstić information content (AvgIpc) is 3.17. The third kappa shape index (κ3) is 3.89. The summed E-state index contributed by atoms with van der Waals surface area (Å²) in [4.78, 5) is 12.3. The van der Waals surface area contributed by atoms with Crippen LogP contribution >= 0.6 is 0 Å². The van der Waals surface area contributed by atoms with E-state index in [1.165, 1.54) is 0 Å². The van der Waals surface area contributed by atoms with E-state index < -0.39 is 11.7 Å². The summed E-state index contributed by atoms with van der Waals surface area (Å²) in [5.41, 5.74) is 0.255. The second kappa shape index (κ2) is 6.38. The molecular formula is C20H28O5. The number of ether oxygens (including phenoxy) is 2. The fourth-order valence-corrected chi connectivity index (χ4v) is 3.98. The molecule has 3 rings (SSSR count). The number of aliphatic hydroxyl groups excluding tert-OH is 1. The minimum absolute atomic E-state index is 0.00724. The van der Waals surface area contributed by atoms with Crippen molar-refractivity contribution in [2.45, 2.75) is 63.4 Å². The monoisotopic (exact) mass is 348 g/mol. The molecule has 138 valence electrons. The lowest BCUT2D eigenvalue weighted by Crippen LogP contribution is -2.35. The van der Waals surface area contributed by atoms with Crippen LogP contribution in [0.3, 0.4) is 0 Å². The Labute approximate surface area is 149 Å². The van der Waals surface area contributed by atoms with Crippen LogP contribution in [0.25, 0.3) is 0 Å². The third-order valence-electron chi connectivity index (χ3n) is 5.53. The van der Waals surface area contributed by atoms with Gasteiger partial charge in [-0.1, -0.05) is 30.4 Å². The first-order valence-electron chi connectivity index (χ1n) is 8.93. The van der Waals surface area contributed by atoms with Gasteiger partial charge in [0.15, 0.2) is 0 Å². The van der Waals surface area contributed by atoms with Gasteiger partial charge in [-0.2, -0.15) is 0 Å². The molecule has 2 aliphatic heterocycles. The molecule has 0 bridgehead atoms. The second-order valence-corrected chi connectivity index (χ2v) is 8.27. The molecule has 0 amide bonds. The summed E-state index contributed by atoms with van der Waals surface area (Å²) in [6.07, 6.45) is 6.41. The number of aliphatic hydroxyl groups is 2. The van der Waals surface area contributed by atoms with E-state index in [-0.39, 0.29) is 29.5 Å². The van der Waals surface area contributed by atoms with Crippen LogP contribution in [0.4, 0.5) is 0 Å². The normalized spacial score (nSPS) is 40.8. The van der Waals surface area contributed by atoms with Gasteiger partial charge in [0.1, 0.15) is 6.10 Å². The van der Waals surface area contributed by atoms with E-state index in [1.807, 2.05) is 6.92 Å². The number of epoxide rings is 1. The Morgan fingerprint density at radius 2 is 2.08 bits per heavy atom. The Morgan fingerprint density at radius 3 is 2.76 bits per heavy atom. The number of fused-ring (bicyclic) bond motifs is 2. The van der Waals surface area contributed by atoms with Gasteiger partial charge >= 0.3 is 5.97 Å². The first-order valence-corrected chi connectivity index (χ1v) is 8.93. The maximum absolute atomic E-state index is 12.3. The fraction of sp³-hybridized carbons (Fsp3) is 0.650. The summed E-state index contributed by atoms with van der Waals surface area (Å²) in [5, 5.41) is 20.2. The molecule has 2 saturated heterocycles. The highest BCUT2D eigenvalue weighted by Crippen LogP contribution is 2.49. The molecule has 0 radical (unpaired) electrons. The molecule has 5 atom stereocenters. The fourth-order valence-electron chi connectivity index (χ4n) is 3.98. The SMILES string of the molecule is C=C1C[C@@H](O)[C@H]2O[C@@]2(C)CC[C@@H]2/C(=C\C=C\C(C)(C)O)C(=O)OC[C@@H]12. The van der Waals surface area contributed by atoms with Crippen molar-refractivity contribution < 1.29 is 24.5 Å². The van der Waals surface area contributed by atoms with E-state index in [1.54, 1.807) is 32.1 Å². The highest BCUT2D eigenvalue weighted by Gasteiger charge is 2.57. The second-order valence-electron chi connectivity index (χ2n) is 8.27. The maximum Gasteiger partial charge on any atom is 0.334 e. The minimum Gasteiger partial charge on any atom is -0.462 e. The van der Waals surface area contributed by atoms with Crippen molar-refractivity contribution in [3.8, 4) is 0 Å². The standard InChI is InChI=1S/C20H28O5/c1-12-10-16(21)17-20(4,25-17)9-7-13-14(6-5-8-19(2,3)23)18(22)24-11-15(12)13/h5-6,8,13,15-17,21,23H,1,7,9-11H2,2-4H3/b8-5+,14-6+/t13-,15+,16-,17-,20+/m1/s1. The molecule has 0 aromatic carbocycles. The van der Waals surface area contributed by atoms with Gasteiger partial charge in [-0.05, 0) is 40.0 Å². The molecule has 2 N–H and O–H groups in total. The number of cyclic esters (lactones) is 1. The Hall–Kier alpha value is -1.43. The van der Waals surface area contributed by atoms with Crippen LogP contribution in [0.15, 0.2) is 36.0 Å². The molecule has 1 saturated carbocycles. The van der Waals surface area contributed by atoms with Gasteiger partial charge in [-0.25, -0.2) is 4.79 Å².